The van der Waals surface area contributed by atoms with Crippen LogP contribution in [0.1, 0.15) is 12.8 Å². The van der Waals surface area contributed by atoms with E-state index >= 15 is 0 Å². The van der Waals surface area contributed by atoms with Crippen molar-refractivity contribution in [2.24, 2.45) is 5.92 Å². The second-order valence-electron chi connectivity index (χ2n) is 3.80. The van der Waals surface area contributed by atoms with Gasteiger partial charge in [0.15, 0.2) is 5.82 Å². The van der Waals surface area contributed by atoms with Crippen molar-refractivity contribution < 1.29 is 4.39 Å². The van der Waals surface area contributed by atoms with Gasteiger partial charge >= 0.3 is 0 Å². The molecular formula is C10H13ClFN3. The second-order valence-corrected chi connectivity index (χ2v) is 4.21. The van der Waals surface area contributed by atoms with E-state index in [0.29, 0.717) is 11.6 Å². The summed E-state index contributed by atoms with van der Waals surface area (Å²) in [7, 11) is 0. The Morgan fingerprint density at radius 1 is 1.60 bits per heavy atom. The lowest BCUT2D eigenvalue weighted by Gasteiger charge is -2.32. The SMILES string of the molecule is FCC1CCCN(c2ncncc2Cl)C1. The molecule has 0 aliphatic carbocycles. The van der Waals surface area contributed by atoms with Crippen LogP contribution in [0.15, 0.2) is 12.5 Å². The molecule has 1 aliphatic heterocycles. The van der Waals surface area contributed by atoms with Gasteiger partial charge in [-0.1, -0.05) is 11.6 Å². The smallest absolute Gasteiger partial charge is 0.150 e. The van der Waals surface area contributed by atoms with Crippen LogP contribution in [0.3, 0.4) is 0 Å². The van der Waals surface area contributed by atoms with Crippen LogP contribution in [0.4, 0.5) is 10.2 Å². The van der Waals surface area contributed by atoms with Crippen molar-refractivity contribution in [1.29, 1.82) is 0 Å². The summed E-state index contributed by atoms with van der Waals surface area (Å²) in [5.74, 6) is 0.842. The first-order valence-electron chi connectivity index (χ1n) is 5.07. The van der Waals surface area contributed by atoms with Gasteiger partial charge in [0.2, 0.25) is 0 Å². The highest BCUT2D eigenvalue weighted by Crippen LogP contribution is 2.26. The van der Waals surface area contributed by atoms with Gasteiger partial charge in [0.1, 0.15) is 11.3 Å². The average Bonchev–Trinajstić information content (AvgIpc) is 2.30. The molecule has 5 heteroatoms. The first-order valence-corrected chi connectivity index (χ1v) is 5.45. The number of nitrogens with zero attached hydrogens (tertiary/aromatic N) is 3. The first kappa shape index (κ1) is 10.6. The molecule has 2 heterocycles. The van der Waals surface area contributed by atoms with E-state index in [2.05, 4.69) is 9.97 Å². The van der Waals surface area contributed by atoms with Crippen LogP contribution in [-0.4, -0.2) is 29.7 Å². The van der Waals surface area contributed by atoms with Gasteiger partial charge in [0, 0.05) is 19.0 Å². The van der Waals surface area contributed by atoms with E-state index in [-0.39, 0.29) is 12.6 Å². The van der Waals surface area contributed by atoms with Crippen molar-refractivity contribution >= 4 is 17.4 Å². The maximum absolute atomic E-state index is 12.6. The van der Waals surface area contributed by atoms with Gasteiger partial charge in [-0.25, -0.2) is 9.97 Å². The van der Waals surface area contributed by atoms with Crippen molar-refractivity contribution in [1.82, 2.24) is 9.97 Å². The molecule has 2 rings (SSSR count). The summed E-state index contributed by atoms with van der Waals surface area (Å²) in [6.07, 6.45) is 4.99. The normalized spacial score (nSPS) is 21.7. The molecule has 1 unspecified atom stereocenters. The zero-order valence-corrected chi connectivity index (χ0v) is 9.12. The molecule has 0 saturated carbocycles. The molecule has 15 heavy (non-hydrogen) atoms. The van der Waals surface area contributed by atoms with Gasteiger partial charge < -0.3 is 4.90 Å². The summed E-state index contributed by atoms with van der Waals surface area (Å²) in [6, 6.07) is 0. The fourth-order valence-corrected chi connectivity index (χ4v) is 2.15. The van der Waals surface area contributed by atoms with E-state index in [4.69, 9.17) is 11.6 Å². The summed E-state index contributed by atoms with van der Waals surface area (Å²) < 4.78 is 12.6. The molecule has 0 bridgehead atoms. The Hall–Kier alpha value is -0.900. The largest absolute Gasteiger partial charge is 0.355 e. The number of anilines is 1. The Kier molecular flexibility index (Phi) is 3.36. The number of piperidine rings is 1. The van der Waals surface area contributed by atoms with E-state index in [1.54, 1.807) is 6.20 Å². The number of hydrogen-bond donors (Lipinski definition) is 0. The molecule has 1 aromatic heterocycles. The molecular weight excluding hydrogens is 217 g/mol. The van der Waals surface area contributed by atoms with Crippen LogP contribution >= 0.6 is 11.6 Å². The minimum atomic E-state index is -0.265. The molecule has 1 aromatic rings. The fourth-order valence-electron chi connectivity index (χ4n) is 1.92. The Balaban J connectivity index is 2.13. The van der Waals surface area contributed by atoms with Crippen molar-refractivity contribution in [3.63, 3.8) is 0 Å². The number of aromatic nitrogens is 2. The number of hydrogen-bond acceptors (Lipinski definition) is 3. The van der Waals surface area contributed by atoms with Crippen LogP contribution in [0, 0.1) is 5.92 Å². The molecule has 3 nitrogen and oxygen atoms in total. The van der Waals surface area contributed by atoms with Gasteiger partial charge in [-0.15, -0.1) is 0 Å². The van der Waals surface area contributed by atoms with Crippen molar-refractivity contribution in [3.8, 4) is 0 Å². The first-order chi connectivity index (χ1) is 7.31. The molecule has 0 spiro atoms. The van der Waals surface area contributed by atoms with E-state index < -0.39 is 0 Å². The Morgan fingerprint density at radius 3 is 3.20 bits per heavy atom. The summed E-state index contributed by atoms with van der Waals surface area (Å²) in [5.41, 5.74) is 0. The van der Waals surface area contributed by atoms with Crippen molar-refractivity contribution in [2.75, 3.05) is 24.7 Å². The minimum Gasteiger partial charge on any atom is -0.355 e. The lowest BCUT2D eigenvalue weighted by Crippen LogP contribution is -2.36. The lowest BCUT2D eigenvalue weighted by molar-refractivity contribution is 0.315. The third-order valence-corrected chi connectivity index (χ3v) is 2.95. The maximum atomic E-state index is 12.6. The predicted octanol–water partition coefficient (Wildman–Crippen LogP) is 2.32. The summed E-state index contributed by atoms with van der Waals surface area (Å²) in [6.45, 7) is 1.33. The quantitative estimate of drug-likeness (QED) is 0.780. The van der Waals surface area contributed by atoms with Crippen LogP contribution in [0.25, 0.3) is 0 Å². The van der Waals surface area contributed by atoms with Crippen molar-refractivity contribution in [2.45, 2.75) is 12.8 Å². The molecule has 82 valence electrons. The summed E-state index contributed by atoms with van der Waals surface area (Å²) in [4.78, 5) is 10.0. The zero-order valence-electron chi connectivity index (χ0n) is 8.37. The van der Waals surface area contributed by atoms with E-state index in [9.17, 15) is 4.39 Å². The third-order valence-electron chi connectivity index (χ3n) is 2.68. The van der Waals surface area contributed by atoms with Gasteiger partial charge in [-0.3, -0.25) is 4.39 Å². The Bertz CT molecular complexity index is 334. The highest BCUT2D eigenvalue weighted by molar-refractivity contribution is 6.32. The lowest BCUT2D eigenvalue weighted by atomic mass is 10.00. The zero-order chi connectivity index (χ0) is 10.7. The van der Waals surface area contributed by atoms with Crippen LogP contribution in [0.2, 0.25) is 5.02 Å². The molecule has 0 amide bonds. The standard InChI is InChI=1S/C10H13ClFN3/c11-9-5-13-7-14-10(9)15-3-1-2-8(4-12)6-15/h5,7-8H,1-4,6H2. The van der Waals surface area contributed by atoms with Crippen LogP contribution in [0.5, 0.6) is 0 Å². The predicted molar refractivity (Wildman–Crippen MR) is 58.0 cm³/mol. The molecule has 1 atom stereocenters. The van der Waals surface area contributed by atoms with E-state index in [1.807, 2.05) is 4.90 Å². The van der Waals surface area contributed by atoms with Crippen molar-refractivity contribution in [3.05, 3.63) is 17.5 Å². The average molecular weight is 230 g/mol. The molecule has 1 saturated heterocycles. The molecule has 1 fully saturated rings. The minimum absolute atomic E-state index is 0.116. The third kappa shape index (κ3) is 2.37. The second kappa shape index (κ2) is 4.75. The topological polar surface area (TPSA) is 29.0 Å². The van der Waals surface area contributed by atoms with E-state index in [1.165, 1.54) is 6.33 Å². The highest BCUT2D eigenvalue weighted by atomic mass is 35.5. The maximum Gasteiger partial charge on any atom is 0.150 e. The van der Waals surface area contributed by atoms with Gasteiger partial charge in [0.25, 0.3) is 0 Å². The van der Waals surface area contributed by atoms with Crippen LogP contribution < -0.4 is 4.90 Å². The van der Waals surface area contributed by atoms with E-state index in [0.717, 1.165) is 25.2 Å². The summed E-state index contributed by atoms with van der Waals surface area (Å²) >= 11 is 5.99. The molecule has 1 aliphatic rings. The number of alkyl halides is 1. The Labute approximate surface area is 93.3 Å². The number of rotatable bonds is 2. The monoisotopic (exact) mass is 229 g/mol. The Morgan fingerprint density at radius 2 is 2.47 bits per heavy atom. The molecule has 0 N–H and O–H groups in total. The van der Waals surface area contributed by atoms with Gasteiger partial charge in [-0.05, 0) is 12.8 Å². The summed E-state index contributed by atoms with van der Waals surface area (Å²) in [5, 5.41) is 0.539. The molecule has 0 radical (unpaired) electrons. The van der Waals surface area contributed by atoms with Gasteiger partial charge in [-0.2, -0.15) is 0 Å². The number of halogens is 2. The van der Waals surface area contributed by atoms with Crippen LogP contribution in [-0.2, 0) is 0 Å². The highest BCUT2D eigenvalue weighted by Gasteiger charge is 2.22. The van der Waals surface area contributed by atoms with Gasteiger partial charge in [0.05, 0.1) is 12.9 Å². The molecule has 0 aromatic carbocycles. The fraction of sp³-hybridized carbons (Fsp3) is 0.600.